The molecule has 1 aromatic heterocycles. The number of nitrogens with one attached hydrogen (secondary N) is 1. The maximum absolute atomic E-state index is 12.1. The van der Waals surface area contributed by atoms with Gasteiger partial charge in [-0.2, -0.15) is 0 Å². The fourth-order valence-corrected chi connectivity index (χ4v) is 2.95. The zero-order valence-electron chi connectivity index (χ0n) is 15.1. The number of carbonyl (C=O) groups is 2. The van der Waals surface area contributed by atoms with E-state index in [4.69, 9.17) is 16.3 Å². The van der Waals surface area contributed by atoms with Crippen LogP contribution < -0.4 is 5.32 Å². The van der Waals surface area contributed by atoms with Crippen LogP contribution in [0.2, 0.25) is 5.02 Å². The number of aromatic nitrogens is 1. The number of ether oxygens (including phenoxy) is 1. The highest BCUT2D eigenvalue weighted by Crippen LogP contribution is 2.27. The number of para-hydroxylation sites is 1. The molecule has 0 spiro atoms. The van der Waals surface area contributed by atoms with Gasteiger partial charge in [0, 0.05) is 10.9 Å². The average Bonchev–Trinajstić information content (AvgIpc) is 2.67. The second-order valence-electron chi connectivity index (χ2n) is 6.23. The van der Waals surface area contributed by atoms with Gasteiger partial charge in [-0.05, 0) is 37.6 Å². The Kier molecular flexibility index (Phi) is 5.72. The molecule has 5 nitrogen and oxygen atoms in total. The van der Waals surface area contributed by atoms with Crippen LogP contribution in [0.15, 0.2) is 48.5 Å². The van der Waals surface area contributed by atoms with Crippen LogP contribution >= 0.6 is 11.6 Å². The van der Waals surface area contributed by atoms with Crippen molar-refractivity contribution in [2.75, 3.05) is 6.54 Å². The van der Waals surface area contributed by atoms with Crippen molar-refractivity contribution in [1.82, 2.24) is 10.3 Å². The van der Waals surface area contributed by atoms with Crippen LogP contribution in [0.3, 0.4) is 0 Å². The molecule has 0 aliphatic carbocycles. The molecule has 0 radical (unpaired) electrons. The van der Waals surface area contributed by atoms with Gasteiger partial charge in [-0.3, -0.25) is 9.59 Å². The summed E-state index contributed by atoms with van der Waals surface area (Å²) in [7, 11) is 0. The summed E-state index contributed by atoms with van der Waals surface area (Å²) in [5.74, 6) is -0.881. The summed E-state index contributed by atoms with van der Waals surface area (Å²) in [6.07, 6.45) is 0. The first-order valence-electron chi connectivity index (χ1n) is 8.50. The molecule has 3 aromatic rings. The lowest BCUT2D eigenvalue weighted by Crippen LogP contribution is -2.30. The summed E-state index contributed by atoms with van der Waals surface area (Å²) < 4.78 is 5.22. The van der Waals surface area contributed by atoms with E-state index in [-0.39, 0.29) is 19.1 Å². The number of nitrogens with zero attached hydrogens (tertiary/aromatic N) is 1. The standard InChI is InChI=1S/C21H19ClN2O3/c1-13-6-5-7-15(10-13)21(26)23-11-19(25)27-12-18-20(22)14(2)16-8-3-4-9-17(16)24-18/h3-10H,11-12H2,1-2H3,(H,23,26). The van der Waals surface area contributed by atoms with E-state index < -0.39 is 5.97 Å². The van der Waals surface area contributed by atoms with Crippen molar-refractivity contribution in [2.24, 2.45) is 0 Å². The Hall–Kier alpha value is -2.92. The molecule has 1 amide bonds. The molecule has 1 heterocycles. The number of rotatable bonds is 5. The lowest BCUT2D eigenvalue weighted by Gasteiger charge is -2.11. The van der Waals surface area contributed by atoms with Crippen LogP contribution in [-0.2, 0) is 16.1 Å². The Labute approximate surface area is 162 Å². The lowest BCUT2D eigenvalue weighted by molar-refractivity contribution is -0.143. The van der Waals surface area contributed by atoms with Gasteiger partial charge in [0.1, 0.15) is 13.2 Å². The third kappa shape index (κ3) is 4.44. The van der Waals surface area contributed by atoms with E-state index in [1.807, 2.05) is 44.2 Å². The van der Waals surface area contributed by atoms with Crippen molar-refractivity contribution in [3.8, 4) is 0 Å². The SMILES string of the molecule is Cc1cccc(C(=O)NCC(=O)OCc2nc3ccccc3c(C)c2Cl)c1. The fourth-order valence-electron chi connectivity index (χ4n) is 2.75. The molecule has 6 heteroatoms. The normalized spacial score (nSPS) is 10.6. The highest BCUT2D eigenvalue weighted by molar-refractivity contribution is 6.32. The lowest BCUT2D eigenvalue weighted by atomic mass is 10.1. The summed E-state index contributed by atoms with van der Waals surface area (Å²) in [4.78, 5) is 28.5. The van der Waals surface area contributed by atoms with Crippen molar-refractivity contribution in [2.45, 2.75) is 20.5 Å². The minimum atomic E-state index is -0.556. The third-order valence-electron chi connectivity index (χ3n) is 4.19. The van der Waals surface area contributed by atoms with Crippen molar-refractivity contribution in [3.63, 3.8) is 0 Å². The topological polar surface area (TPSA) is 68.3 Å². The van der Waals surface area contributed by atoms with Crippen LogP contribution in [0.25, 0.3) is 10.9 Å². The van der Waals surface area contributed by atoms with Crippen LogP contribution in [0.1, 0.15) is 27.2 Å². The molecule has 27 heavy (non-hydrogen) atoms. The summed E-state index contributed by atoms with van der Waals surface area (Å²) in [6.45, 7) is 3.52. The number of esters is 1. The number of amides is 1. The predicted molar refractivity (Wildman–Crippen MR) is 105 cm³/mol. The number of pyridine rings is 1. The molecular weight excluding hydrogens is 364 g/mol. The molecule has 0 fully saturated rings. The zero-order valence-corrected chi connectivity index (χ0v) is 15.8. The van der Waals surface area contributed by atoms with E-state index in [0.29, 0.717) is 16.3 Å². The fraction of sp³-hybridized carbons (Fsp3) is 0.190. The van der Waals surface area contributed by atoms with Gasteiger partial charge in [0.25, 0.3) is 5.91 Å². The first-order valence-corrected chi connectivity index (χ1v) is 8.87. The van der Waals surface area contributed by atoms with Gasteiger partial charge in [0.05, 0.1) is 16.2 Å². The van der Waals surface area contributed by atoms with Crippen molar-refractivity contribution in [3.05, 3.63) is 75.9 Å². The van der Waals surface area contributed by atoms with Gasteiger partial charge in [-0.1, -0.05) is 47.5 Å². The van der Waals surface area contributed by atoms with Gasteiger partial charge < -0.3 is 10.1 Å². The van der Waals surface area contributed by atoms with E-state index >= 15 is 0 Å². The van der Waals surface area contributed by atoms with Crippen LogP contribution in [0, 0.1) is 13.8 Å². The van der Waals surface area contributed by atoms with Gasteiger partial charge in [0.15, 0.2) is 0 Å². The molecule has 3 rings (SSSR count). The summed E-state index contributed by atoms with van der Waals surface area (Å²) >= 11 is 6.35. The molecule has 0 aliphatic rings. The van der Waals surface area contributed by atoms with E-state index in [0.717, 1.165) is 22.0 Å². The average molecular weight is 383 g/mol. The molecule has 0 saturated heterocycles. The minimum absolute atomic E-state index is 0.0519. The number of fused-ring (bicyclic) bond motifs is 1. The quantitative estimate of drug-likeness (QED) is 0.678. The van der Waals surface area contributed by atoms with Crippen LogP contribution in [-0.4, -0.2) is 23.4 Å². The van der Waals surface area contributed by atoms with Gasteiger partial charge in [-0.15, -0.1) is 0 Å². The molecule has 0 saturated carbocycles. The maximum Gasteiger partial charge on any atom is 0.325 e. The number of carbonyl (C=O) groups excluding carboxylic acids is 2. The number of aryl methyl sites for hydroxylation is 2. The zero-order chi connectivity index (χ0) is 19.4. The number of hydrogen-bond donors (Lipinski definition) is 1. The second kappa shape index (κ2) is 8.18. The Morgan fingerprint density at radius 2 is 1.89 bits per heavy atom. The summed E-state index contributed by atoms with van der Waals surface area (Å²) in [5.41, 5.74) is 3.64. The van der Waals surface area contributed by atoms with E-state index in [9.17, 15) is 9.59 Å². The highest BCUT2D eigenvalue weighted by Gasteiger charge is 2.13. The second-order valence-corrected chi connectivity index (χ2v) is 6.61. The molecule has 0 bridgehead atoms. The number of benzene rings is 2. The molecule has 2 aromatic carbocycles. The maximum atomic E-state index is 12.1. The van der Waals surface area contributed by atoms with Gasteiger partial charge in [-0.25, -0.2) is 4.98 Å². The number of halogens is 1. The molecule has 0 aliphatic heterocycles. The summed E-state index contributed by atoms with van der Waals surface area (Å²) in [5, 5.41) is 3.99. The van der Waals surface area contributed by atoms with Gasteiger partial charge >= 0.3 is 5.97 Å². The largest absolute Gasteiger partial charge is 0.458 e. The molecule has 138 valence electrons. The predicted octanol–water partition coefficient (Wildman–Crippen LogP) is 3.98. The van der Waals surface area contributed by atoms with Crippen molar-refractivity contribution < 1.29 is 14.3 Å². The summed E-state index contributed by atoms with van der Waals surface area (Å²) in [6, 6.07) is 14.8. The van der Waals surface area contributed by atoms with E-state index in [1.165, 1.54) is 0 Å². The minimum Gasteiger partial charge on any atom is -0.458 e. The van der Waals surface area contributed by atoms with Crippen LogP contribution in [0.5, 0.6) is 0 Å². The van der Waals surface area contributed by atoms with Crippen molar-refractivity contribution >= 4 is 34.4 Å². The first-order chi connectivity index (χ1) is 13.0. The highest BCUT2D eigenvalue weighted by atomic mass is 35.5. The Morgan fingerprint density at radius 3 is 2.67 bits per heavy atom. The molecular formula is C21H19ClN2O3. The van der Waals surface area contributed by atoms with Crippen LogP contribution in [0.4, 0.5) is 0 Å². The smallest absolute Gasteiger partial charge is 0.325 e. The van der Waals surface area contributed by atoms with Gasteiger partial charge in [0.2, 0.25) is 0 Å². The monoisotopic (exact) mass is 382 g/mol. The Balaban J connectivity index is 1.60. The number of hydrogen-bond acceptors (Lipinski definition) is 4. The first kappa shape index (κ1) is 18.9. The van der Waals surface area contributed by atoms with E-state index in [2.05, 4.69) is 10.3 Å². The Bertz CT molecular complexity index is 1020. The Morgan fingerprint density at radius 1 is 1.11 bits per heavy atom. The molecule has 1 N–H and O–H groups in total. The molecule has 0 atom stereocenters. The third-order valence-corrected chi connectivity index (χ3v) is 4.69. The van der Waals surface area contributed by atoms with E-state index in [1.54, 1.807) is 18.2 Å². The van der Waals surface area contributed by atoms with Crippen molar-refractivity contribution in [1.29, 1.82) is 0 Å². The molecule has 0 unspecified atom stereocenters.